The third-order valence-corrected chi connectivity index (χ3v) is 5.31. The summed E-state index contributed by atoms with van der Waals surface area (Å²) < 4.78 is 5.95. The molecule has 0 amide bonds. The van der Waals surface area contributed by atoms with E-state index in [1.165, 1.54) is 0 Å². The lowest BCUT2D eigenvalue weighted by Gasteiger charge is -2.40. The Morgan fingerprint density at radius 1 is 0.875 bits per heavy atom. The smallest absolute Gasteiger partial charge is 0.170 e. The molecule has 0 radical (unpaired) electrons. The first-order chi connectivity index (χ1) is 11.8. The minimum absolute atomic E-state index is 0.155. The molecule has 0 bridgehead atoms. The molecule has 5 rings (SSSR count). The third kappa shape index (κ3) is 1.63. The van der Waals surface area contributed by atoms with Crippen molar-refractivity contribution in [2.75, 3.05) is 6.61 Å². The second-order valence-corrected chi connectivity index (χ2v) is 6.45. The number of fused-ring (bicyclic) bond motifs is 6. The molecule has 116 valence electrons. The Morgan fingerprint density at radius 2 is 1.71 bits per heavy atom. The van der Waals surface area contributed by atoms with Crippen molar-refractivity contribution in [3.05, 3.63) is 83.4 Å². The highest BCUT2D eigenvalue weighted by Crippen LogP contribution is 2.50. The first kappa shape index (κ1) is 13.6. The van der Waals surface area contributed by atoms with E-state index in [1.54, 1.807) is 6.08 Å². The highest BCUT2D eigenvalue weighted by atomic mass is 16.5. The number of hydrogen-bond acceptors (Lipinski definition) is 2. The molecule has 0 saturated carbocycles. The average Bonchev–Trinajstić information content (AvgIpc) is 2.65. The van der Waals surface area contributed by atoms with Gasteiger partial charge in [-0.15, -0.1) is 0 Å². The fraction of sp³-hybridized carbons (Fsp3) is 0.136. The van der Waals surface area contributed by atoms with Crippen LogP contribution in [0.15, 0.2) is 66.7 Å². The summed E-state index contributed by atoms with van der Waals surface area (Å²) in [5.74, 6) is 0.987. The lowest BCUT2D eigenvalue weighted by molar-refractivity contribution is -0.119. The minimum atomic E-state index is -0.639. The van der Waals surface area contributed by atoms with E-state index in [2.05, 4.69) is 30.3 Å². The van der Waals surface area contributed by atoms with Crippen LogP contribution in [0.25, 0.3) is 16.8 Å². The van der Waals surface area contributed by atoms with Crippen molar-refractivity contribution >= 4 is 22.6 Å². The van der Waals surface area contributed by atoms with E-state index >= 15 is 0 Å². The predicted molar refractivity (Wildman–Crippen MR) is 95.3 cm³/mol. The van der Waals surface area contributed by atoms with Gasteiger partial charge < -0.3 is 4.74 Å². The number of benzene rings is 3. The van der Waals surface area contributed by atoms with Gasteiger partial charge in [-0.1, -0.05) is 60.7 Å². The highest BCUT2D eigenvalue weighted by Gasteiger charge is 2.47. The molecule has 3 aromatic carbocycles. The summed E-state index contributed by atoms with van der Waals surface area (Å²) in [6.07, 6.45) is 4.34. The molecule has 0 saturated heterocycles. The van der Waals surface area contributed by atoms with Gasteiger partial charge in [-0.25, -0.2) is 0 Å². The monoisotopic (exact) mass is 312 g/mol. The Bertz CT molecular complexity index is 1020. The SMILES string of the molecule is O=C1C=Cc2ccccc2[C@@]12CCOc1ccc3ccccc3c12. The van der Waals surface area contributed by atoms with Crippen LogP contribution in [0.3, 0.4) is 0 Å². The van der Waals surface area contributed by atoms with E-state index in [0.717, 1.165) is 33.2 Å². The molecule has 0 aromatic heterocycles. The minimum Gasteiger partial charge on any atom is -0.493 e. The summed E-state index contributed by atoms with van der Waals surface area (Å²) in [6.45, 7) is 0.555. The molecule has 1 aliphatic carbocycles. The van der Waals surface area contributed by atoms with Crippen LogP contribution in [0.1, 0.15) is 23.1 Å². The molecule has 0 unspecified atom stereocenters. The topological polar surface area (TPSA) is 26.3 Å². The molecule has 1 spiro atoms. The standard InChI is InChI=1S/C22H16O2/c23-20-12-10-16-6-2-4-8-18(16)22(20)13-14-24-19-11-9-15-5-1-3-7-17(15)21(19)22/h1-12H,13-14H2/t22-/m0/s1. The van der Waals surface area contributed by atoms with Gasteiger partial charge in [0, 0.05) is 12.0 Å². The van der Waals surface area contributed by atoms with Crippen LogP contribution < -0.4 is 4.74 Å². The Hall–Kier alpha value is -2.87. The van der Waals surface area contributed by atoms with Crippen LogP contribution in [0.2, 0.25) is 0 Å². The van der Waals surface area contributed by atoms with Gasteiger partial charge in [0.05, 0.1) is 12.0 Å². The molecular formula is C22H16O2. The second kappa shape index (κ2) is 4.81. The lowest BCUT2D eigenvalue weighted by Crippen LogP contribution is -2.42. The number of hydrogen-bond donors (Lipinski definition) is 0. The number of allylic oxidation sites excluding steroid dienone is 1. The van der Waals surface area contributed by atoms with Crippen molar-refractivity contribution in [1.29, 1.82) is 0 Å². The van der Waals surface area contributed by atoms with E-state index in [4.69, 9.17) is 4.74 Å². The first-order valence-electron chi connectivity index (χ1n) is 8.28. The lowest BCUT2D eigenvalue weighted by atomic mass is 9.63. The molecule has 2 nitrogen and oxygen atoms in total. The molecule has 0 N–H and O–H groups in total. The van der Waals surface area contributed by atoms with Gasteiger partial charge in [0.15, 0.2) is 5.78 Å². The number of ether oxygens (including phenoxy) is 1. The first-order valence-corrected chi connectivity index (χ1v) is 8.28. The van der Waals surface area contributed by atoms with E-state index < -0.39 is 5.41 Å². The molecular weight excluding hydrogens is 296 g/mol. The summed E-state index contributed by atoms with van der Waals surface area (Å²) in [6, 6.07) is 20.5. The summed E-state index contributed by atoms with van der Waals surface area (Å²) in [7, 11) is 0. The number of carbonyl (C=O) groups is 1. The molecule has 2 heteroatoms. The Labute approximate surface area is 140 Å². The molecule has 1 heterocycles. The normalized spacial score (nSPS) is 21.4. The fourth-order valence-corrected chi connectivity index (χ4v) is 4.24. The Kier molecular flexibility index (Phi) is 2.72. The maximum atomic E-state index is 13.2. The molecule has 2 aliphatic rings. The summed E-state index contributed by atoms with van der Waals surface area (Å²) >= 11 is 0. The van der Waals surface area contributed by atoms with Gasteiger partial charge in [-0.2, -0.15) is 0 Å². The Morgan fingerprint density at radius 3 is 2.67 bits per heavy atom. The van der Waals surface area contributed by atoms with Crippen LogP contribution in [0.5, 0.6) is 5.75 Å². The second-order valence-electron chi connectivity index (χ2n) is 6.45. The zero-order chi connectivity index (χ0) is 16.1. The predicted octanol–water partition coefficient (Wildman–Crippen LogP) is 4.50. The van der Waals surface area contributed by atoms with Crippen LogP contribution in [-0.4, -0.2) is 12.4 Å². The van der Waals surface area contributed by atoms with Crippen LogP contribution >= 0.6 is 0 Å². The number of carbonyl (C=O) groups excluding carboxylic acids is 1. The zero-order valence-electron chi connectivity index (χ0n) is 13.2. The summed E-state index contributed by atoms with van der Waals surface area (Å²) in [5.41, 5.74) is 2.60. The molecule has 1 aliphatic heterocycles. The van der Waals surface area contributed by atoms with Crippen molar-refractivity contribution in [2.24, 2.45) is 0 Å². The third-order valence-electron chi connectivity index (χ3n) is 5.31. The summed E-state index contributed by atoms with van der Waals surface area (Å²) in [4.78, 5) is 13.2. The average molecular weight is 312 g/mol. The zero-order valence-corrected chi connectivity index (χ0v) is 13.2. The van der Waals surface area contributed by atoms with Gasteiger partial charge in [-0.3, -0.25) is 4.79 Å². The van der Waals surface area contributed by atoms with Crippen molar-refractivity contribution in [2.45, 2.75) is 11.8 Å². The van der Waals surface area contributed by atoms with Crippen molar-refractivity contribution in [3.63, 3.8) is 0 Å². The molecule has 24 heavy (non-hydrogen) atoms. The van der Waals surface area contributed by atoms with Gasteiger partial charge in [0.1, 0.15) is 5.75 Å². The van der Waals surface area contributed by atoms with Gasteiger partial charge in [0.25, 0.3) is 0 Å². The van der Waals surface area contributed by atoms with Crippen LogP contribution in [-0.2, 0) is 10.2 Å². The van der Waals surface area contributed by atoms with Crippen LogP contribution in [0, 0.1) is 0 Å². The van der Waals surface area contributed by atoms with Gasteiger partial charge in [-0.05, 0) is 34.0 Å². The Balaban J connectivity index is 1.94. The molecule has 1 atom stereocenters. The highest BCUT2D eigenvalue weighted by molar-refractivity contribution is 6.10. The largest absolute Gasteiger partial charge is 0.493 e. The van der Waals surface area contributed by atoms with E-state index in [0.29, 0.717) is 13.0 Å². The van der Waals surface area contributed by atoms with E-state index in [-0.39, 0.29) is 5.78 Å². The van der Waals surface area contributed by atoms with Crippen molar-refractivity contribution < 1.29 is 9.53 Å². The number of rotatable bonds is 0. The van der Waals surface area contributed by atoms with Gasteiger partial charge >= 0.3 is 0 Å². The maximum absolute atomic E-state index is 13.2. The van der Waals surface area contributed by atoms with Gasteiger partial charge in [0.2, 0.25) is 0 Å². The van der Waals surface area contributed by atoms with E-state index in [9.17, 15) is 4.79 Å². The quantitative estimate of drug-likeness (QED) is 0.611. The number of ketones is 1. The fourth-order valence-electron chi connectivity index (χ4n) is 4.24. The van der Waals surface area contributed by atoms with Crippen molar-refractivity contribution in [1.82, 2.24) is 0 Å². The van der Waals surface area contributed by atoms with Crippen LogP contribution in [0.4, 0.5) is 0 Å². The van der Waals surface area contributed by atoms with E-state index in [1.807, 2.05) is 36.4 Å². The molecule has 0 fully saturated rings. The van der Waals surface area contributed by atoms with Crippen molar-refractivity contribution in [3.8, 4) is 5.75 Å². The molecule has 3 aromatic rings. The maximum Gasteiger partial charge on any atom is 0.170 e. The summed E-state index contributed by atoms with van der Waals surface area (Å²) in [5, 5.41) is 2.24.